The SMILES string of the molecule is CC(C)(C)c1ccnc(-n2c3ccccc3c3ccc(Nc4cccc(Nc5ccccc5N)c4)cc32)c1. The maximum Gasteiger partial charge on any atom is 0.137 e. The van der Waals surface area contributed by atoms with Gasteiger partial charge in [-0.15, -0.1) is 0 Å². The molecule has 0 spiro atoms. The van der Waals surface area contributed by atoms with Gasteiger partial charge in [-0.2, -0.15) is 0 Å². The van der Waals surface area contributed by atoms with E-state index in [1.54, 1.807) is 0 Å². The summed E-state index contributed by atoms with van der Waals surface area (Å²) in [6.45, 7) is 6.69. The van der Waals surface area contributed by atoms with E-state index in [2.05, 4.69) is 103 Å². The van der Waals surface area contributed by atoms with Crippen molar-refractivity contribution in [2.45, 2.75) is 26.2 Å². The van der Waals surface area contributed by atoms with Crippen molar-refractivity contribution >= 4 is 50.2 Å². The molecule has 38 heavy (non-hydrogen) atoms. The van der Waals surface area contributed by atoms with Crippen LogP contribution < -0.4 is 16.4 Å². The lowest BCUT2D eigenvalue weighted by molar-refractivity contribution is 0.588. The number of aromatic nitrogens is 2. The van der Waals surface area contributed by atoms with E-state index in [-0.39, 0.29) is 5.41 Å². The average molecular weight is 498 g/mol. The number of rotatable bonds is 5. The first-order chi connectivity index (χ1) is 18.4. The molecule has 0 aliphatic carbocycles. The largest absolute Gasteiger partial charge is 0.397 e. The van der Waals surface area contributed by atoms with Gasteiger partial charge in [0.05, 0.1) is 22.4 Å². The molecule has 4 N–H and O–H groups in total. The number of benzene rings is 4. The molecule has 0 aliphatic rings. The molecule has 2 aromatic heterocycles. The lowest BCUT2D eigenvalue weighted by atomic mass is 9.88. The van der Waals surface area contributed by atoms with E-state index in [0.29, 0.717) is 5.69 Å². The number of hydrogen-bond donors (Lipinski definition) is 3. The van der Waals surface area contributed by atoms with Crippen LogP contribution in [0.2, 0.25) is 0 Å². The van der Waals surface area contributed by atoms with E-state index in [1.807, 2.05) is 42.6 Å². The van der Waals surface area contributed by atoms with Gasteiger partial charge in [0.1, 0.15) is 5.82 Å². The molecule has 5 nitrogen and oxygen atoms in total. The Morgan fingerprint density at radius 1 is 0.658 bits per heavy atom. The van der Waals surface area contributed by atoms with E-state index < -0.39 is 0 Å². The first-order valence-electron chi connectivity index (χ1n) is 12.9. The molecule has 0 atom stereocenters. The molecule has 0 saturated heterocycles. The van der Waals surface area contributed by atoms with Crippen LogP contribution in [0.4, 0.5) is 28.4 Å². The van der Waals surface area contributed by atoms with Crippen LogP contribution in [0.3, 0.4) is 0 Å². The molecule has 5 heteroatoms. The molecule has 0 saturated carbocycles. The normalized spacial score (nSPS) is 11.7. The third-order valence-electron chi connectivity index (χ3n) is 6.91. The molecule has 0 radical (unpaired) electrons. The van der Waals surface area contributed by atoms with Gasteiger partial charge >= 0.3 is 0 Å². The second-order valence-corrected chi connectivity index (χ2v) is 10.7. The van der Waals surface area contributed by atoms with Crippen LogP contribution in [-0.2, 0) is 5.41 Å². The lowest BCUT2D eigenvalue weighted by Crippen LogP contribution is -2.12. The van der Waals surface area contributed by atoms with Gasteiger partial charge in [-0.25, -0.2) is 4.98 Å². The second-order valence-electron chi connectivity index (χ2n) is 10.7. The fourth-order valence-electron chi connectivity index (χ4n) is 4.91. The lowest BCUT2D eigenvalue weighted by Gasteiger charge is -2.20. The van der Waals surface area contributed by atoms with Gasteiger partial charge in [0.2, 0.25) is 0 Å². The van der Waals surface area contributed by atoms with Gasteiger partial charge in [-0.1, -0.05) is 63.2 Å². The van der Waals surface area contributed by atoms with Crippen LogP contribution >= 0.6 is 0 Å². The zero-order valence-corrected chi connectivity index (χ0v) is 21.9. The molecule has 0 amide bonds. The van der Waals surface area contributed by atoms with Gasteiger partial charge in [0.25, 0.3) is 0 Å². The van der Waals surface area contributed by atoms with Crippen LogP contribution in [0, 0.1) is 0 Å². The summed E-state index contributed by atoms with van der Waals surface area (Å²) in [5.74, 6) is 0.924. The number of pyridine rings is 1. The summed E-state index contributed by atoms with van der Waals surface area (Å²) in [7, 11) is 0. The molecular formula is C33H31N5. The van der Waals surface area contributed by atoms with Gasteiger partial charge in [-0.05, 0) is 71.6 Å². The summed E-state index contributed by atoms with van der Waals surface area (Å²) in [5.41, 5.74) is 14.2. The Balaban J connectivity index is 1.41. The molecule has 0 aliphatic heterocycles. The van der Waals surface area contributed by atoms with Crippen molar-refractivity contribution in [2.75, 3.05) is 16.4 Å². The van der Waals surface area contributed by atoms with E-state index in [9.17, 15) is 0 Å². The number of nitrogens with one attached hydrogen (secondary N) is 2. The van der Waals surface area contributed by atoms with E-state index in [1.165, 1.54) is 16.3 Å². The first kappa shape index (κ1) is 23.6. The summed E-state index contributed by atoms with van der Waals surface area (Å²) in [6, 6.07) is 35.3. The van der Waals surface area contributed by atoms with Crippen molar-refractivity contribution in [3.63, 3.8) is 0 Å². The summed E-state index contributed by atoms with van der Waals surface area (Å²) >= 11 is 0. The Morgan fingerprint density at radius 3 is 2.18 bits per heavy atom. The monoisotopic (exact) mass is 497 g/mol. The van der Waals surface area contributed by atoms with Crippen molar-refractivity contribution in [3.05, 3.63) is 115 Å². The van der Waals surface area contributed by atoms with Crippen molar-refractivity contribution < 1.29 is 0 Å². The third kappa shape index (κ3) is 4.43. The van der Waals surface area contributed by atoms with Crippen LogP contribution in [0.25, 0.3) is 27.6 Å². The molecule has 6 rings (SSSR count). The molecule has 2 heterocycles. The number of fused-ring (bicyclic) bond motifs is 3. The van der Waals surface area contributed by atoms with E-state index in [0.717, 1.165) is 39.6 Å². The predicted molar refractivity (Wildman–Crippen MR) is 161 cm³/mol. The zero-order chi connectivity index (χ0) is 26.3. The molecular weight excluding hydrogens is 466 g/mol. The topological polar surface area (TPSA) is 67.9 Å². The number of para-hydroxylation sites is 3. The predicted octanol–water partition coefficient (Wildman–Crippen LogP) is 8.55. The van der Waals surface area contributed by atoms with Gasteiger partial charge in [0.15, 0.2) is 0 Å². The standard InChI is InChI=1S/C33H31N5/c1-33(2,3)22-17-18-35-32(19-22)38-30-14-7-4-11-26(30)27-16-15-25(21-31(27)38)36-23-9-8-10-24(20-23)37-29-13-6-5-12-28(29)34/h4-21,36-37H,34H2,1-3H3. The van der Waals surface area contributed by atoms with Gasteiger partial charge < -0.3 is 16.4 Å². The summed E-state index contributed by atoms with van der Waals surface area (Å²) in [4.78, 5) is 4.79. The molecule has 0 fully saturated rings. The first-order valence-corrected chi connectivity index (χ1v) is 12.9. The third-order valence-corrected chi connectivity index (χ3v) is 6.91. The fourth-order valence-corrected chi connectivity index (χ4v) is 4.91. The summed E-state index contributed by atoms with van der Waals surface area (Å²) in [6.07, 6.45) is 1.91. The summed E-state index contributed by atoms with van der Waals surface area (Å²) in [5, 5.41) is 9.42. The van der Waals surface area contributed by atoms with Gasteiger partial charge in [-0.3, -0.25) is 4.57 Å². The molecule has 4 aromatic carbocycles. The highest BCUT2D eigenvalue weighted by molar-refractivity contribution is 6.10. The highest BCUT2D eigenvalue weighted by Gasteiger charge is 2.18. The maximum absolute atomic E-state index is 6.12. The number of anilines is 5. The zero-order valence-electron chi connectivity index (χ0n) is 21.9. The Bertz CT molecular complexity index is 1770. The number of nitrogens with zero attached hydrogens (tertiary/aromatic N) is 2. The fraction of sp³-hybridized carbons (Fsp3) is 0.121. The van der Waals surface area contributed by atoms with Crippen molar-refractivity contribution in [3.8, 4) is 5.82 Å². The Kier molecular flexibility index (Phi) is 5.76. The van der Waals surface area contributed by atoms with Crippen molar-refractivity contribution in [1.29, 1.82) is 0 Å². The Morgan fingerprint density at radius 2 is 1.37 bits per heavy atom. The molecule has 0 bridgehead atoms. The van der Waals surface area contributed by atoms with E-state index in [4.69, 9.17) is 10.7 Å². The van der Waals surface area contributed by atoms with Gasteiger partial charge in [0, 0.05) is 34.0 Å². The maximum atomic E-state index is 6.12. The number of nitrogen functional groups attached to an aromatic ring is 1. The summed E-state index contributed by atoms with van der Waals surface area (Å²) < 4.78 is 2.27. The Hall–Kier alpha value is -4.77. The minimum atomic E-state index is 0.0344. The van der Waals surface area contributed by atoms with Crippen LogP contribution in [0.5, 0.6) is 0 Å². The average Bonchev–Trinajstić information content (AvgIpc) is 3.23. The minimum absolute atomic E-state index is 0.0344. The molecule has 0 unspecified atom stereocenters. The quantitative estimate of drug-likeness (QED) is 0.209. The molecule has 188 valence electrons. The second kappa shape index (κ2) is 9.27. The molecule has 6 aromatic rings. The Labute approximate surface area is 223 Å². The smallest absolute Gasteiger partial charge is 0.137 e. The number of hydrogen-bond acceptors (Lipinski definition) is 4. The number of nitrogens with two attached hydrogens (primary N) is 1. The van der Waals surface area contributed by atoms with Crippen LogP contribution in [0.1, 0.15) is 26.3 Å². The van der Waals surface area contributed by atoms with Crippen molar-refractivity contribution in [1.82, 2.24) is 9.55 Å². The van der Waals surface area contributed by atoms with Crippen LogP contribution in [-0.4, -0.2) is 9.55 Å². The minimum Gasteiger partial charge on any atom is -0.397 e. The highest BCUT2D eigenvalue weighted by atomic mass is 15.1. The van der Waals surface area contributed by atoms with E-state index >= 15 is 0 Å². The van der Waals surface area contributed by atoms with Crippen LogP contribution in [0.15, 0.2) is 109 Å². The highest BCUT2D eigenvalue weighted by Crippen LogP contribution is 2.35. The van der Waals surface area contributed by atoms with Crippen molar-refractivity contribution in [2.24, 2.45) is 0 Å².